The van der Waals surface area contributed by atoms with Gasteiger partial charge in [0, 0.05) is 13.2 Å². The van der Waals surface area contributed by atoms with Crippen molar-refractivity contribution in [1.29, 1.82) is 0 Å². The van der Waals surface area contributed by atoms with Crippen molar-refractivity contribution in [3.8, 4) is 0 Å². The normalized spacial score (nSPS) is 12.5. The van der Waals surface area contributed by atoms with Crippen LogP contribution in [0, 0.1) is 0 Å². The number of carbonyl (C=O) groups excluding carboxylic acids is 1. The lowest BCUT2D eigenvalue weighted by atomic mass is 10.3. The van der Waals surface area contributed by atoms with Gasteiger partial charge in [-0.2, -0.15) is 0 Å². The first-order chi connectivity index (χ1) is 5.81. The lowest BCUT2D eigenvalue weighted by Gasteiger charge is -2.09. The van der Waals surface area contributed by atoms with E-state index in [1.807, 2.05) is 0 Å². The Morgan fingerprint density at radius 2 is 2.25 bits per heavy atom. The zero-order valence-corrected chi connectivity index (χ0v) is 8.01. The maximum atomic E-state index is 9.85. The van der Waals surface area contributed by atoms with Crippen LogP contribution in [-0.2, 0) is 9.53 Å². The summed E-state index contributed by atoms with van der Waals surface area (Å²) >= 11 is 0. The Morgan fingerprint density at radius 3 is 2.83 bits per heavy atom. The zero-order valence-electron chi connectivity index (χ0n) is 8.01. The van der Waals surface area contributed by atoms with Crippen LogP contribution >= 0.6 is 0 Å². The van der Waals surface area contributed by atoms with Gasteiger partial charge < -0.3 is 10.1 Å². The number of nitrogens with one attached hydrogen (secondary N) is 1. The Labute approximate surface area is 74.5 Å². The van der Waals surface area contributed by atoms with Crippen molar-refractivity contribution in [2.75, 3.05) is 13.2 Å². The van der Waals surface area contributed by atoms with Gasteiger partial charge in [-0.3, -0.25) is 4.79 Å². The number of hydrogen-bond acceptors (Lipinski definition) is 2. The van der Waals surface area contributed by atoms with E-state index in [2.05, 4.69) is 19.2 Å². The number of hydrogen-bond donors (Lipinski definition) is 1. The van der Waals surface area contributed by atoms with Gasteiger partial charge in [0.15, 0.2) is 0 Å². The van der Waals surface area contributed by atoms with E-state index in [0.29, 0.717) is 6.10 Å². The standard InChI is InChI=1S/C9H19NO2/c1-3-9(2)12-7-5-4-6-10-8-11/h8-9H,3-7H2,1-2H3,(H,10,11). The number of unbranched alkanes of at least 4 members (excludes halogenated alkanes) is 1. The fourth-order valence-corrected chi connectivity index (χ4v) is 0.790. The van der Waals surface area contributed by atoms with Gasteiger partial charge >= 0.3 is 0 Å². The van der Waals surface area contributed by atoms with Gasteiger partial charge in [-0.05, 0) is 26.2 Å². The molecule has 0 aromatic carbocycles. The fourth-order valence-electron chi connectivity index (χ4n) is 0.790. The van der Waals surface area contributed by atoms with Crippen LogP contribution < -0.4 is 5.32 Å². The van der Waals surface area contributed by atoms with E-state index in [-0.39, 0.29) is 0 Å². The van der Waals surface area contributed by atoms with Crippen LogP contribution in [0.1, 0.15) is 33.1 Å². The van der Waals surface area contributed by atoms with Crippen LogP contribution in [-0.4, -0.2) is 25.7 Å². The van der Waals surface area contributed by atoms with Gasteiger partial charge in [0.05, 0.1) is 6.10 Å². The van der Waals surface area contributed by atoms with E-state index < -0.39 is 0 Å². The summed E-state index contributed by atoms with van der Waals surface area (Å²) < 4.78 is 5.46. The summed E-state index contributed by atoms with van der Waals surface area (Å²) in [6.45, 7) is 5.74. The number of ether oxygens (including phenoxy) is 1. The molecule has 0 spiro atoms. The molecule has 1 unspecified atom stereocenters. The first-order valence-corrected chi connectivity index (χ1v) is 4.60. The van der Waals surface area contributed by atoms with E-state index in [0.717, 1.165) is 38.8 Å². The third-order valence-corrected chi connectivity index (χ3v) is 1.78. The van der Waals surface area contributed by atoms with Crippen molar-refractivity contribution in [1.82, 2.24) is 5.32 Å². The molecule has 1 atom stereocenters. The maximum absolute atomic E-state index is 9.85. The van der Waals surface area contributed by atoms with Crippen molar-refractivity contribution in [3.63, 3.8) is 0 Å². The van der Waals surface area contributed by atoms with Crippen LogP contribution in [0.2, 0.25) is 0 Å². The second kappa shape index (κ2) is 8.53. The highest BCUT2D eigenvalue weighted by atomic mass is 16.5. The highest BCUT2D eigenvalue weighted by Gasteiger charge is 1.96. The lowest BCUT2D eigenvalue weighted by molar-refractivity contribution is -0.109. The van der Waals surface area contributed by atoms with E-state index in [4.69, 9.17) is 4.74 Å². The Balaban J connectivity index is 2.95. The van der Waals surface area contributed by atoms with Crippen LogP contribution in [0.5, 0.6) is 0 Å². The summed E-state index contributed by atoms with van der Waals surface area (Å²) in [7, 11) is 0. The topological polar surface area (TPSA) is 38.3 Å². The molecule has 0 aliphatic carbocycles. The summed E-state index contributed by atoms with van der Waals surface area (Å²) in [5.41, 5.74) is 0. The molecule has 72 valence electrons. The third-order valence-electron chi connectivity index (χ3n) is 1.78. The van der Waals surface area contributed by atoms with Crippen molar-refractivity contribution < 1.29 is 9.53 Å². The number of amides is 1. The second-order valence-electron chi connectivity index (χ2n) is 2.87. The van der Waals surface area contributed by atoms with Gasteiger partial charge in [-0.1, -0.05) is 6.92 Å². The van der Waals surface area contributed by atoms with Gasteiger partial charge in [-0.15, -0.1) is 0 Å². The Hall–Kier alpha value is -0.570. The number of carbonyl (C=O) groups is 1. The summed E-state index contributed by atoms with van der Waals surface area (Å²) in [6, 6.07) is 0. The Kier molecular flexibility index (Phi) is 8.12. The Bertz CT molecular complexity index is 107. The molecule has 0 aliphatic heterocycles. The molecule has 0 rings (SSSR count). The van der Waals surface area contributed by atoms with Crippen LogP contribution in [0.4, 0.5) is 0 Å². The SMILES string of the molecule is CCC(C)OCCCCNC=O. The molecule has 0 heterocycles. The summed E-state index contributed by atoms with van der Waals surface area (Å²) in [4.78, 5) is 9.85. The molecule has 1 amide bonds. The highest BCUT2D eigenvalue weighted by molar-refractivity contribution is 5.45. The molecule has 0 radical (unpaired) electrons. The van der Waals surface area contributed by atoms with E-state index in [1.165, 1.54) is 0 Å². The monoisotopic (exact) mass is 173 g/mol. The fraction of sp³-hybridized carbons (Fsp3) is 0.889. The van der Waals surface area contributed by atoms with E-state index in [9.17, 15) is 4.79 Å². The van der Waals surface area contributed by atoms with Gasteiger partial charge in [0.25, 0.3) is 0 Å². The molecular weight excluding hydrogens is 154 g/mol. The molecule has 12 heavy (non-hydrogen) atoms. The maximum Gasteiger partial charge on any atom is 0.207 e. The average molecular weight is 173 g/mol. The van der Waals surface area contributed by atoms with Gasteiger partial charge in [0.1, 0.15) is 0 Å². The van der Waals surface area contributed by atoms with E-state index in [1.54, 1.807) is 0 Å². The summed E-state index contributed by atoms with van der Waals surface area (Å²) in [5, 5.41) is 2.61. The Morgan fingerprint density at radius 1 is 1.50 bits per heavy atom. The molecule has 0 bridgehead atoms. The predicted octanol–water partition coefficient (Wildman–Crippen LogP) is 1.33. The molecule has 0 saturated carbocycles. The molecule has 0 aliphatic rings. The van der Waals surface area contributed by atoms with Crippen LogP contribution in [0.3, 0.4) is 0 Å². The molecule has 0 aromatic rings. The molecule has 0 saturated heterocycles. The minimum atomic E-state index is 0.365. The first-order valence-electron chi connectivity index (χ1n) is 4.60. The predicted molar refractivity (Wildman–Crippen MR) is 49.0 cm³/mol. The first kappa shape index (κ1) is 11.4. The van der Waals surface area contributed by atoms with Crippen molar-refractivity contribution >= 4 is 6.41 Å². The minimum Gasteiger partial charge on any atom is -0.379 e. The largest absolute Gasteiger partial charge is 0.379 e. The molecule has 1 N–H and O–H groups in total. The van der Waals surface area contributed by atoms with Crippen molar-refractivity contribution in [2.45, 2.75) is 39.2 Å². The molecule has 0 aromatic heterocycles. The van der Waals surface area contributed by atoms with E-state index >= 15 is 0 Å². The third kappa shape index (κ3) is 7.54. The van der Waals surface area contributed by atoms with Crippen LogP contribution in [0.15, 0.2) is 0 Å². The molecule has 3 heteroatoms. The highest BCUT2D eigenvalue weighted by Crippen LogP contribution is 1.97. The lowest BCUT2D eigenvalue weighted by Crippen LogP contribution is -2.13. The van der Waals surface area contributed by atoms with Gasteiger partial charge in [0.2, 0.25) is 6.41 Å². The molecular formula is C9H19NO2. The second-order valence-corrected chi connectivity index (χ2v) is 2.87. The number of rotatable bonds is 8. The molecule has 3 nitrogen and oxygen atoms in total. The van der Waals surface area contributed by atoms with Crippen LogP contribution in [0.25, 0.3) is 0 Å². The molecule has 0 fully saturated rings. The minimum absolute atomic E-state index is 0.365. The van der Waals surface area contributed by atoms with Crippen molar-refractivity contribution in [2.24, 2.45) is 0 Å². The average Bonchev–Trinajstić information content (AvgIpc) is 2.10. The summed E-state index contributed by atoms with van der Waals surface area (Å²) in [5.74, 6) is 0. The van der Waals surface area contributed by atoms with Crippen molar-refractivity contribution in [3.05, 3.63) is 0 Å². The van der Waals surface area contributed by atoms with Gasteiger partial charge in [-0.25, -0.2) is 0 Å². The summed E-state index contributed by atoms with van der Waals surface area (Å²) in [6.07, 6.45) is 4.17. The zero-order chi connectivity index (χ0) is 9.23. The smallest absolute Gasteiger partial charge is 0.207 e. The quantitative estimate of drug-likeness (QED) is 0.444.